The summed E-state index contributed by atoms with van der Waals surface area (Å²) in [5.74, 6) is 1.51. The van der Waals surface area contributed by atoms with Gasteiger partial charge in [0.25, 0.3) is 5.91 Å². The second kappa shape index (κ2) is 6.60. The van der Waals surface area contributed by atoms with Crippen LogP contribution in [0.3, 0.4) is 0 Å². The molecule has 19 heavy (non-hydrogen) atoms. The summed E-state index contributed by atoms with van der Waals surface area (Å²) < 4.78 is 0. The standard InChI is InChI=1S/C16H24N2O/c1-12-4-3-5-13(10-12)11-18-16(19)14-6-8-15(17-2)9-7-14/h6-9,12-13,17H,3-5,10-11H2,1-2H3,(H,18,19). The van der Waals surface area contributed by atoms with Gasteiger partial charge in [-0.1, -0.05) is 19.8 Å². The molecule has 1 amide bonds. The third-order valence-electron chi connectivity index (χ3n) is 4.03. The highest BCUT2D eigenvalue weighted by molar-refractivity contribution is 5.94. The van der Waals surface area contributed by atoms with Crippen LogP contribution in [0.4, 0.5) is 5.69 Å². The minimum atomic E-state index is 0.0425. The molecule has 1 saturated carbocycles. The van der Waals surface area contributed by atoms with Crippen molar-refractivity contribution in [1.82, 2.24) is 5.32 Å². The molecule has 1 fully saturated rings. The van der Waals surface area contributed by atoms with Gasteiger partial charge in [-0.2, -0.15) is 0 Å². The Morgan fingerprint density at radius 2 is 2.00 bits per heavy atom. The van der Waals surface area contributed by atoms with E-state index in [-0.39, 0.29) is 5.91 Å². The predicted molar refractivity (Wildman–Crippen MR) is 79.4 cm³/mol. The lowest BCUT2D eigenvalue weighted by Gasteiger charge is -2.26. The first-order valence-electron chi connectivity index (χ1n) is 7.25. The van der Waals surface area contributed by atoms with Crippen LogP contribution in [0.1, 0.15) is 43.0 Å². The molecule has 3 nitrogen and oxygen atoms in total. The van der Waals surface area contributed by atoms with Crippen molar-refractivity contribution in [3.63, 3.8) is 0 Å². The van der Waals surface area contributed by atoms with Crippen LogP contribution in [-0.4, -0.2) is 19.5 Å². The number of rotatable bonds is 4. The van der Waals surface area contributed by atoms with Crippen LogP contribution in [-0.2, 0) is 0 Å². The van der Waals surface area contributed by atoms with Crippen LogP contribution >= 0.6 is 0 Å². The number of carbonyl (C=O) groups is 1. The highest BCUT2D eigenvalue weighted by Gasteiger charge is 2.19. The van der Waals surface area contributed by atoms with Crippen molar-refractivity contribution in [2.24, 2.45) is 11.8 Å². The zero-order chi connectivity index (χ0) is 13.7. The third-order valence-corrected chi connectivity index (χ3v) is 4.03. The van der Waals surface area contributed by atoms with Crippen molar-refractivity contribution >= 4 is 11.6 Å². The van der Waals surface area contributed by atoms with Gasteiger partial charge < -0.3 is 10.6 Å². The number of hydrogen-bond acceptors (Lipinski definition) is 2. The average molecular weight is 260 g/mol. The van der Waals surface area contributed by atoms with Crippen molar-refractivity contribution < 1.29 is 4.79 Å². The molecule has 1 aliphatic rings. The molecule has 0 radical (unpaired) electrons. The minimum absolute atomic E-state index is 0.0425. The van der Waals surface area contributed by atoms with Gasteiger partial charge in [-0.15, -0.1) is 0 Å². The maximum atomic E-state index is 12.0. The maximum absolute atomic E-state index is 12.0. The Hall–Kier alpha value is -1.51. The molecule has 0 aromatic heterocycles. The van der Waals surface area contributed by atoms with Gasteiger partial charge in [-0.05, 0) is 48.9 Å². The fraction of sp³-hybridized carbons (Fsp3) is 0.562. The van der Waals surface area contributed by atoms with Gasteiger partial charge in [0.2, 0.25) is 0 Å². The molecular formula is C16H24N2O. The molecule has 0 heterocycles. The molecular weight excluding hydrogens is 236 g/mol. The summed E-state index contributed by atoms with van der Waals surface area (Å²) in [5.41, 5.74) is 1.76. The van der Waals surface area contributed by atoms with Crippen molar-refractivity contribution in [3.8, 4) is 0 Å². The van der Waals surface area contributed by atoms with E-state index < -0.39 is 0 Å². The molecule has 2 rings (SSSR count). The zero-order valence-corrected chi connectivity index (χ0v) is 11.9. The number of hydrogen-bond donors (Lipinski definition) is 2. The molecule has 2 unspecified atom stereocenters. The smallest absolute Gasteiger partial charge is 0.251 e. The number of nitrogens with one attached hydrogen (secondary N) is 2. The Balaban J connectivity index is 1.83. The summed E-state index contributed by atoms with van der Waals surface area (Å²) in [6.45, 7) is 3.13. The lowest BCUT2D eigenvalue weighted by atomic mass is 9.82. The van der Waals surface area contributed by atoms with Crippen molar-refractivity contribution in [2.75, 3.05) is 18.9 Å². The summed E-state index contributed by atoms with van der Waals surface area (Å²) in [5, 5.41) is 6.12. The largest absolute Gasteiger partial charge is 0.388 e. The van der Waals surface area contributed by atoms with E-state index >= 15 is 0 Å². The fourth-order valence-corrected chi connectivity index (χ4v) is 2.87. The normalized spacial score (nSPS) is 22.8. The summed E-state index contributed by atoms with van der Waals surface area (Å²) in [6.07, 6.45) is 5.15. The first kappa shape index (κ1) is 13.9. The Labute approximate surface area is 115 Å². The van der Waals surface area contributed by atoms with Crippen LogP contribution in [0.2, 0.25) is 0 Å². The molecule has 2 atom stereocenters. The van der Waals surface area contributed by atoms with Crippen LogP contribution in [0.5, 0.6) is 0 Å². The summed E-state index contributed by atoms with van der Waals surface area (Å²) in [4.78, 5) is 12.0. The Morgan fingerprint density at radius 1 is 1.26 bits per heavy atom. The number of carbonyl (C=O) groups excluding carboxylic acids is 1. The molecule has 0 spiro atoms. The molecule has 1 aliphatic carbocycles. The third kappa shape index (κ3) is 3.98. The lowest BCUT2D eigenvalue weighted by Crippen LogP contribution is -2.31. The Bertz CT molecular complexity index is 413. The minimum Gasteiger partial charge on any atom is -0.388 e. The monoisotopic (exact) mass is 260 g/mol. The highest BCUT2D eigenvalue weighted by Crippen LogP contribution is 2.27. The highest BCUT2D eigenvalue weighted by atomic mass is 16.1. The molecule has 0 saturated heterocycles. The van der Waals surface area contributed by atoms with Gasteiger partial charge in [0.15, 0.2) is 0 Å². The van der Waals surface area contributed by atoms with Crippen LogP contribution in [0.15, 0.2) is 24.3 Å². The lowest BCUT2D eigenvalue weighted by molar-refractivity contribution is 0.0940. The van der Waals surface area contributed by atoms with Crippen LogP contribution in [0, 0.1) is 11.8 Å². The van der Waals surface area contributed by atoms with Crippen molar-refractivity contribution in [1.29, 1.82) is 0 Å². The van der Waals surface area contributed by atoms with Gasteiger partial charge in [0.1, 0.15) is 0 Å². The molecule has 0 bridgehead atoms. The van der Waals surface area contributed by atoms with E-state index in [1.807, 2.05) is 31.3 Å². The number of benzene rings is 1. The maximum Gasteiger partial charge on any atom is 0.251 e. The topological polar surface area (TPSA) is 41.1 Å². The van der Waals surface area contributed by atoms with E-state index in [1.54, 1.807) is 0 Å². The van der Waals surface area contributed by atoms with E-state index in [0.717, 1.165) is 23.7 Å². The summed E-state index contributed by atoms with van der Waals surface area (Å²) in [7, 11) is 1.87. The first-order valence-corrected chi connectivity index (χ1v) is 7.25. The van der Waals surface area contributed by atoms with Crippen LogP contribution < -0.4 is 10.6 Å². The van der Waals surface area contributed by atoms with E-state index in [4.69, 9.17) is 0 Å². The fourth-order valence-electron chi connectivity index (χ4n) is 2.87. The summed E-state index contributed by atoms with van der Waals surface area (Å²) >= 11 is 0. The van der Waals surface area contributed by atoms with Gasteiger partial charge >= 0.3 is 0 Å². The van der Waals surface area contributed by atoms with E-state index in [9.17, 15) is 4.79 Å². The second-order valence-electron chi connectivity index (χ2n) is 5.68. The Kier molecular flexibility index (Phi) is 4.83. The van der Waals surface area contributed by atoms with E-state index in [0.29, 0.717) is 5.92 Å². The molecule has 1 aromatic rings. The van der Waals surface area contributed by atoms with Gasteiger partial charge in [0, 0.05) is 24.8 Å². The van der Waals surface area contributed by atoms with Crippen molar-refractivity contribution in [3.05, 3.63) is 29.8 Å². The first-order chi connectivity index (χ1) is 9.19. The molecule has 0 aliphatic heterocycles. The molecule has 2 N–H and O–H groups in total. The van der Waals surface area contributed by atoms with Crippen molar-refractivity contribution in [2.45, 2.75) is 32.6 Å². The quantitative estimate of drug-likeness (QED) is 0.872. The summed E-state index contributed by atoms with van der Waals surface area (Å²) in [6, 6.07) is 7.59. The number of anilines is 1. The zero-order valence-electron chi connectivity index (χ0n) is 11.9. The van der Waals surface area contributed by atoms with E-state index in [2.05, 4.69) is 17.6 Å². The van der Waals surface area contributed by atoms with Gasteiger partial charge in [0.05, 0.1) is 0 Å². The van der Waals surface area contributed by atoms with Gasteiger partial charge in [-0.25, -0.2) is 0 Å². The SMILES string of the molecule is CNc1ccc(C(=O)NCC2CCCC(C)C2)cc1. The molecule has 1 aromatic carbocycles. The second-order valence-corrected chi connectivity index (χ2v) is 5.68. The Morgan fingerprint density at radius 3 is 2.63 bits per heavy atom. The molecule has 3 heteroatoms. The van der Waals surface area contributed by atoms with E-state index in [1.165, 1.54) is 25.7 Å². The molecule has 104 valence electrons. The van der Waals surface area contributed by atoms with Gasteiger partial charge in [-0.3, -0.25) is 4.79 Å². The average Bonchev–Trinajstić information content (AvgIpc) is 2.45. The number of amides is 1. The van der Waals surface area contributed by atoms with Crippen LogP contribution in [0.25, 0.3) is 0 Å². The predicted octanol–water partition coefficient (Wildman–Crippen LogP) is 3.28.